The second kappa shape index (κ2) is 5.83. The minimum atomic E-state index is -1.10. The molecular weight excluding hydrogens is 220 g/mol. The minimum absolute atomic E-state index is 0.0625. The van der Waals surface area contributed by atoms with E-state index in [1.165, 1.54) is 0 Å². The van der Waals surface area contributed by atoms with Gasteiger partial charge in [-0.25, -0.2) is 9.78 Å². The monoisotopic (exact) mass is 236 g/mol. The fraction of sp³-hybridized carbons (Fsp3) is 0.364. The van der Waals surface area contributed by atoms with Gasteiger partial charge in [-0.2, -0.15) is 5.10 Å². The van der Waals surface area contributed by atoms with Crippen molar-refractivity contribution in [3.05, 3.63) is 29.1 Å². The molecule has 6 nitrogen and oxygen atoms in total. The summed E-state index contributed by atoms with van der Waals surface area (Å²) in [4.78, 5) is 15.2. The summed E-state index contributed by atoms with van der Waals surface area (Å²) in [6.45, 7) is 2.01. The highest BCUT2D eigenvalue weighted by Crippen LogP contribution is 2.09. The molecule has 1 aromatic rings. The van der Waals surface area contributed by atoms with Gasteiger partial charge in [0.15, 0.2) is 11.5 Å². The van der Waals surface area contributed by atoms with Gasteiger partial charge in [0.25, 0.3) is 0 Å². The van der Waals surface area contributed by atoms with Crippen LogP contribution >= 0.6 is 0 Å². The van der Waals surface area contributed by atoms with Crippen molar-refractivity contribution in [2.45, 2.75) is 19.8 Å². The van der Waals surface area contributed by atoms with E-state index >= 15 is 0 Å². The molecule has 0 aliphatic carbocycles. The summed E-state index contributed by atoms with van der Waals surface area (Å²) in [7, 11) is 1.59. The number of nitrogens with two attached hydrogens (primary N) is 1. The van der Waals surface area contributed by atoms with Crippen molar-refractivity contribution in [2.24, 2.45) is 10.8 Å². The van der Waals surface area contributed by atoms with Gasteiger partial charge in [0, 0.05) is 12.7 Å². The molecule has 0 radical (unpaired) electrons. The highest BCUT2D eigenvalue weighted by Gasteiger charge is 2.15. The zero-order valence-electron chi connectivity index (χ0n) is 9.90. The van der Waals surface area contributed by atoms with Crippen molar-refractivity contribution in [1.29, 1.82) is 0 Å². The van der Waals surface area contributed by atoms with E-state index < -0.39 is 5.97 Å². The van der Waals surface area contributed by atoms with Gasteiger partial charge in [-0.05, 0) is 18.6 Å². The van der Waals surface area contributed by atoms with Crippen LogP contribution in [0.4, 0.5) is 0 Å². The molecule has 92 valence electrons. The van der Waals surface area contributed by atoms with Gasteiger partial charge < -0.3 is 16.3 Å². The molecule has 0 unspecified atom stereocenters. The topological polar surface area (TPSA) is 101 Å². The van der Waals surface area contributed by atoms with Crippen molar-refractivity contribution in [1.82, 2.24) is 10.4 Å². The lowest BCUT2D eigenvalue weighted by atomic mass is 10.1. The highest BCUT2D eigenvalue weighted by molar-refractivity contribution is 6.05. The average Bonchev–Trinajstić information content (AvgIpc) is 2.29. The van der Waals surface area contributed by atoms with E-state index in [1.807, 2.05) is 6.92 Å². The van der Waals surface area contributed by atoms with Gasteiger partial charge in [0.2, 0.25) is 0 Å². The fourth-order valence-electron chi connectivity index (χ4n) is 1.45. The van der Waals surface area contributed by atoms with Crippen molar-refractivity contribution in [3.63, 3.8) is 0 Å². The molecule has 0 saturated carbocycles. The number of aryl methyl sites for hydroxylation is 1. The molecule has 1 heterocycles. The average molecular weight is 236 g/mol. The Balaban J connectivity index is 3.22. The van der Waals surface area contributed by atoms with E-state index in [9.17, 15) is 4.79 Å². The van der Waals surface area contributed by atoms with Crippen LogP contribution < -0.4 is 11.2 Å². The summed E-state index contributed by atoms with van der Waals surface area (Å²) in [5.74, 6) is -0.993. The number of rotatable bonds is 5. The lowest BCUT2D eigenvalue weighted by Gasteiger charge is -2.06. The number of carboxylic acid groups (broad SMARTS) is 1. The summed E-state index contributed by atoms with van der Waals surface area (Å²) in [6.07, 6.45) is 1.65. The summed E-state index contributed by atoms with van der Waals surface area (Å²) >= 11 is 0. The lowest BCUT2D eigenvalue weighted by Crippen LogP contribution is -2.22. The van der Waals surface area contributed by atoms with E-state index in [-0.39, 0.29) is 11.5 Å². The number of carbonyl (C=O) groups is 1. The molecule has 0 amide bonds. The third kappa shape index (κ3) is 3.17. The normalized spacial score (nSPS) is 11.3. The number of aromatic carboxylic acids is 1. The molecule has 0 spiro atoms. The number of hydrogen-bond acceptors (Lipinski definition) is 4. The van der Waals surface area contributed by atoms with E-state index in [4.69, 9.17) is 10.8 Å². The van der Waals surface area contributed by atoms with Crippen LogP contribution in [-0.4, -0.2) is 28.9 Å². The summed E-state index contributed by atoms with van der Waals surface area (Å²) in [5.41, 5.74) is 9.17. The molecular formula is C11H16N4O2. The number of amidine groups is 1. The molecule has 0 aliphatic heterocycles. The van der Waals surface area contributed by atoms with Gasteiger partial charge in [0.05, 0.1) is 5.56 Å². The molecule has 0 atom stereocenters. The molecule has 6 heteroatoms. The molecule has 17 heavy (non-hydrogen) atoms. The van der Waals surface area contributed by atoms with Gasteiger partial charge in [-0.15, -0.1) is 0 Å². The van der Waals surface area contributed by atoms with Gasteiger partial charge in [-0.3, -0.25) is 0 Å². The van der Waals surface area contributed by atoms with Crippen molar-refractivity contribution >= 4 is 11.8 Å². The Morgan fingerprint density at radius 2 is 2.29 bits per heavy atom. The van der Waals surface area contributed by atoms with Crippen molar-refractivity contribution in [3.8, 4) is 0 Å². The molecule has 1 rings (SSSR count). The molecule has 0 fully saturated rings. The third-order valence-electron chi connectivity index (χ3n) is 2.17. The van der Waals surface area contributed by atoms with E-state index in [1.54, 1.807) is 19.2 Å². The first-order valence-electron chi connectivity index (χ1n) is 5.33. The van der Waals surface area contributed by atoms with Crippen LogP contribution in [0.1, 0.15) is 35.1 Å². The number of nitrogens with zero attached hydrogens (tertiary/aromatic N) is 2. The first-order chi connectivity index (χ1) is 8.10. The molecule has 0 aromatic carbocycles. The van der Waals surface area contributed by atoms with Crippen LogP contribution in [0.15, 0.2) is 17.2 Å². The van der Waals surface area contributed by atoms with E-state index in [0.717, 1.165) is 18.5 Å². The number of hydrogen-bond donors (Lipinski definition) is 3. The molecule has 0 aliphatic rings. The quantitative estimate of drug-likeness (QED) is 0.394. The van der Waals surface area contributed by atoms with Crippen LogP contribution in [0.3, 0.4) is 0 Å². The predicted octanol–water partition coefficient (Wildman–Crippen LogP) is 0.572. The Hall–Kier alpha value is -2.11. The second-order valence-electron chi connectivity index (χ2n) is 3.47. The van der Waals surface area contributed by atoms with Crippen LogP contribution in [0, 0.1) is 0 Å². The molecule has 4 N–H and O–H groups in total. The Bertz CT molecular complexity index is 443. The first kappa shape index (κ1) is 13.0. The number of nitrogens with one attached hydrogen (secondary N) is 1. The molecule has 0 bridgehead atoms. The maximum absolute atomic E-state index is 11.1. The smallest absolute Gasteiger partial charge is 0.355 e. The summed E-state index contributed by atoms with van der Waals surface area (Å²) in [5, 5.41) is 12.8. The Morgan fingerprint density at radius 1 is 1.59 bits per heavy atom. The predicted molar refractivity (Wildman–Crippen MR) is 65.0 cm³/mol. The van der Waals surface area contributed by atoms with Crippen LogP contribution in [0.2, 0.25) is 0 Å². The van der Waals surface area contributed by atoms with Gasteiger partial charge >= 0.3 is 5.97 Å². The SMILES string of the molecule is CCCc1ccc(C(N)=NNC)c(C(=O)O)n1. The summed E-state index contributed by atoms with van der Waals surface area (Å²) < 4.78 is 0. The maximum atomic E-state index is 11.1. The van der Waals surface area contributed by atoms with E-state index in [0.29, 0.717) is 5.56 Å². The second-order valence-corrected chi connectivity index (χ2v) is 3.47. The Labute approximate surface area is 99.6 Å². The maximum Gasteiger partial charge on any atom is 0.355 e. The van der Waals surface area contributed by atoms with Crippen LogP contribution in [0.25, 0.3) is 0 Å². The number of pyridine rings is 1. The van der Waals surface area contributed by atoms with Gasteiger partial charge in [0.1, 0.15) is 0 Å². The Kier molecular flexibility index (Phi) is 4.45. The minimum Gasteiger partial charge on any atom is -0.476 e. The third-order valence-corrected chi connectivity index (χ3v) is 2.17. The van der Waals surface area contributed by atoms with Crippen LogP contribution in [-0.2, 0) is 6.42 Å². The highest BCUT2D eigenvalue weighted by atomic mass is 16.4. The van der Waals surface area contributed by atoms with Crippen LogP contribution in [0.5, 0.6) is 0 Å². The fourth-order valence-corrected chi connectivity index (χ4v) is 1.45. The summed E-state index contributed by atoms with van der Waals surface area (Å²) in [6, 6.07) is 3.40. The zero-order chi connectivity index (χ0) is 12.8. The molecule has 0 saturated heterocycles. The van der Waals surface area contributed by atoms with Crippen molar-refractivity contribution < 1.29 is 9.90 Å². The van der Waals surface area contributed by atoms with E-state index in [2.05, 4.69) is 15.5 Å². The lowest BCUT2D eigenvalue weighted by molar-refractivity contribution is 0.0690. The number of aromatic nitrogens is 1. The number of hydrazone groups is 1. The number of carboxylic acids is 1. The zero-order valence-corrected chi connectivity index (χ0v) is 9.90. The largest absolute Gasteiger partial charge is 0.476 e. The van der Waals surface area contributed by atoms with Gasteiger partial charge in [-0.1, -0.05) is 13.3 Å². The first-order valence-corrected chi connectivity index (χ1v) is 5.33. The Morgan fingerprint density at radius 3 is 2.82 bits per heavy atom. The standard InChI is InChI=1S/C11H16N4O2/c1-3-4-7-5-6-8(10(12)15-13-2)9(14-7)11(16)17/h5-6,13H,3-4H2,1-2H3,(H2,12,15)(H,16,17). The van der Waals surface area contributed by atoms with Crippen molar-refractivity contribution in [2.75, 3.05) is 7.05 Å². The molecule has 1 aromatic heterocycles.